The lowest BCUT2D eigenvalue weighted by Crippen LogP contribution is -2.32. The molecule has 0 saturated carbocycles. The van der Waals surface area contributed by atoms with Gasteiger partial charge in [-0.05, 0) is 31.3 Å². The standard InChI is InChI=1S/C19H29NO2S.C5H11N5O/c1-13(2)11-17-7-6-8-18(10-9-17)15(4)19(22)23-12-14(3)20-16(5)21;1-10(2)5(7)9-4(6)8-3-11/h6-7,9-10,13-15H,8,11-12H2,1-5H3,(H,20,21);3H,1-2H3,(H4,6,7,8,9,11). The van der Waals surface area contributed by atoms with Crippen LogP contribution >= 0.6 is 11.8 Å². The molecule has 0 aromatic carbocycles. The molecule has 0 aromatic heterocycles. The summed E-state index contributed by atoms with van der Waals surface area (Å²) in [6.45, 7) is 9.81. The Hall–Kier alpha value is -2.88. The highest BCUT2D eigenvalue weighted by Crippen LogP contribution is 2.25. The minimum absolute atomic E-state index is 0.00852. The van der Waals surface area contributed by atoms with E-state index in [4.69, 9.17) is 11.5 Å². The Kier molecular flexibility index (Phi) is 15.3. The average Bonchev–Trinajstić information content (AvgIpc) is 2.96. The van der Waals surface area contributed by atoms with Crippen LogP contribution in [0.4, 0.5) is 0 Å². The van der Waals surface area contributed by atoms with Crippen LogP contribution in [0.1, 0.15) is 47.5 Å². The summed E-state index contributed by atoms with van der Waals surface area (Å²) in [6, 6.07) is 0.00852. The molecule has 0 heterocycles. The molecule has 0 aromatic rings. The number of guanidine groups is 2. The molecule has 34 heavy (non-hydrogen) atoms. The Balaban J connectivity index is 0.000000833. The summed E-state index contributed by atoms with van der Waals surface area (Å²) in [5.74, 6) is 1.15. The fourth-order valence-corrected chi connectivity index (χ4v) is 3.68. The molecule has 5 N–H and O–H groups in total. The fourth-order valence-electron chi connectivity index (χ4n) is 2.79. The molecule has 2 unspecified atom stereocenters. The summed E-state index contributed by atoms with van der Waals surface area (Å²) in [5, 5.41) is 2.97. The van der Waals surface area contributed by atoms with Crippen LogP contribution in [0.2, 0.25) is 0 Å². The maximum Gasteiger partial charge on any atom is 0.236 e. The SMILES string of the molecule is CC(=O)NC(C)CSC(=O)C(C)C1=CC=C(CC(C)C)C=CC1.CN(C)/C(N)=N/C(N)=NC=O. The number of carbonyl (C=O) groups excluding carboxylic acids is 3. The number of nitrogens with one attached hydrogen (secondary N) is 1. The van der Waals surface area contributed by atoms with Gasteiger partial charge in [0.2, 0.25) is 18.3 Å². The van der Waals surface area contributed by atoms with E-state index in [-0.39, 0.29) is 34.9 Å². The van der Waals surface area contributed by atoms with Crippen molar-refractivity contribution in [1.29, 1.82) is 0 Å². The molecule has 190 valence electrons. The number of hydrogen-bond acceptors (Lipinski definition) is 4. The molecule has 1 aliphatic rings. The van der Waals surface area contributed by atoms with Crippen molar-refractivity contribution in [1.82, 2.24) is 10.2 Å². The second kappa shape index (κ2) is 16.7. The van der Waals surface area contributed by atoms with Crippen LogP contribution in [0.25, 0.3) is 0 Å². The van der Waals surface area contributed by atoms with E-state index in [0.29, 0.717) is 18.1 Å². The maximum atomic E-state index is 12.4. The minimum Gasteiger partial charge on any atom is -0.369 e. The summed E-state index contributed by atoms with van der Waals surface area (Å²) in [5.41, 5.74) is 13.0. The summed E-state index contributed by atoms with van der Waals surface area (Å²) < 4.78 is 0. The predicted molar refractivity (Wildman–Crippen MR) is 142 cm³/mol. The molecule has 0 fully saturated rings. The highest BCUT2D eigenvalue weighted by Gasteiger charge is 2.19. The number of nitrogens with two attached hydrogens (primary N) is 2. The van der Waals surface area contributed by atoms with Crippen LogP contribution in [0, 0.1) is 11.8 Å². The molecule has 2 atom stereocenters. The van der Waals surface area contributed by atoms with Crippen molar-refractivity contribution >= 4 is 41.1 Å². The van der Waals surface area contributed by atoms with Gasteiger partial charge in [-0.15, -0.1) is 0 Å². The Morgan fingerprint density at radius 2 is 1.85 bits per heavy atom. The first-order valence-corrected chi connectivity index (χ1v) is 12.1. The first kappa shape index (κ1) is 31.1. The third-order valence-electron chi connectivity index (χ3n) is 4.55. The van der Waals surface area contributed by atoms with Crippen molar-refractivity contribution in [2.24, 2.45) is 33.3 Å². The molecule has 1 aliphatic carbocycles. The Labute approximate surface area is 207 Å². The lowest BCUT2D eigenvalue weighted by molar-refractivity contribution is -0.119. The van der Waals surface area contributed by atoms with Crippen molar-refractivity contribution in [3.63, 3.8) is 0 Å². The van der Waals surface area contributed by atoms with E-state index in [1.165, 1.54) is 24.3 Å². The van der Waals surface area contributed by atoms with Crippen LogP contribution in [0.3, 0.4) is 0 Å². The van der Waals surface area contributed by atoms with Gasteiger partial charge in [-0.2, -0.15) is 9.98 Å². The molecule has 0 bridgehead atoms. The van der Waals surface area contributed by atoms with Crippen molar-refractivity contribution in [2.45, 2.75) is 53.5 Å². The van der Waals surface area contributed by atoms with Crippen molar-refractivity contribution < 1.29 is 14.4 Å². The van der Waals surface area contributed by atoms with Gasteiger partial charge in [-0.1, -0.05) is 62.4 Å². The number of thioether (sulfide) groups is 1. The van der Waals surface area contributed by atoms with E-state index in [9.17, 15) is 14.4 Å². The zero-order valence-corrected chi connectivity index (χ0v) is 22.2. The van der Waals surface area contributed by atoms with Gasteiger partial charge < -0.3 is 21.7 Å². The number of carbonyl (C=O) groups is 3. The summed E-state index contributed by atoms with van der Waals surface area (Å²) in [4.78, 5) is 41.4. The van der Waals surface area contributed by atoms with E-state index in [2.05, 4.69) is 53.5 Å². The zero-order chi connectivity index (χ0) is 26.3. The van der Waals surface area contributed by atoms with Crippen LogP contribution in [-0.2, 0) is 14.4 Å². The molecular formula is C24H40N6O3S. The average molecular weight is 493 g/mol. The highest BCUT2D eigenvalue weighted by molar-refractivity contribution is 8.13. The van der Waals surface area contributed by atoms with Crippen LogP contribution in [0.15, 0.2) is 45.4 Å². The smallest absolute Gasteiger partial charge is 0.236 e. The number of aliphatic imine (C=N–C) groups is 2. The van der Waals surface area contributed by atoms with E-state index >= 15 is 0 Å². The van der Waals surface area contributed by atoms with Crippen LogP contribution in [0.5, 0.6) is 0 Å². The topological polar surface area (TPSA) is 143 Å². The van der Waals surface area contributed by atoms with Crippen LogP contribution < -0.4 is 16.8 Å². The largest absolute Gasteiger partial charge is 0.369 e. The maximum absolute atomic E-state index is 12.4. The number of allylic oxidation sites excluding steroid dienone is 6. The number of amides is 2. The lowest BCUT2D eigenvalue weighted by atomic mass is 9.99. The highest BCUT2D eigenvalue weighted by atomic mass is 32.2. The molecule has 9 nitrogen and oxygen atoms in total. The molecule has 0 saturated heterocycles. The summed E-state index contributed by atoms with van der Waals surface area (Å²) in [7, 11) is 3.40. The van der Waals surface area contributed by atoms with Gasteiger partial charge in [0.1, 0.15) is 0 Å². The number of rotatable bonds is 8. The monoisotopic (exact) mass is 492 g/mol. The van der Waals surface area contributed by atoms with Gasteiger partial charge in [-0.25, -0.2) is 0 Å². The third-order valence-corrected chi connectivity index (χ3v) is 5.85. The van der Waals surface area contributed by atoms with Gasteiger partial charge in [0.05, 0.1) is 0 Å². The summed E-state index contributed by atoms with van der Waals surface area (Å²) in [6.07, 6.45) is 10.8. The van der Waals surface area contributed by atoms with Crippen molar-refractivity contribution in [3.05, 3.63) is 35.5 Å². The van der Waals surface area contributed by atoms with E-state index in [1.54, 1.807) is 19.0 Å². The first-order valence-electron chi connectivity index (χ1n) is 11.2. The summed E-state index contributed by atoms with van der Waals surface area (Å²) >= 11 is 1.31. The lowest BCUT2D eigenvalue weighted by Gasteiger charge is -2.15. The molecule has 0 radical (unpaired) electrons. The number of nitrogens with zero attached hydrogens (tertiary/aromatic N) is 3. The number of hydrogen-bond donors (Lipinski definition) is 3. The van der Waals surface area contributed by atoms with Crippen molar-refractivity contribution in [2.75, 3.05) is 19.8 Å². The second-order valence-electron chi connectivity index (χ2n) is 8.60. The molecule has 2 amide bonds. The normalized spacial score (nSPS) is 15.8. The fraction of sp³-hybridized carbons (Fsp3) is 0.542. The molecular weight excluding hydrogens is 452 g/mol. The van der Waals surface area contributed by atoms with E-state index < -0.39 is 0 Å². The van der Waals surface area contributed by atoms with Gasteiger partial charge in [0.15, 0.2) is 11.1 Å². The van der Waals surface area contributed by atoms with Crippen molar-refractivity contribution in [3.8, 4) is 0 Å². The minimum atomic E-state index is -0.147. The molecule has 0 spiro atoms. The Bertz CT molecular complexity index is 844. The second-order valence-corrected chi connectivity index (χ2v) is 9.62. The molecule has 10 heteroatoms. The van der Waals surface area contributed by atoms with Gasteiger partial charge in [-0.3, -0.25) is 14.4 Å². The Morgan fingerprint density at radius 3 is 2.38 bits per heavy atom. The zero-order valence-electron chi connectivity index (χ0n) is 21.4. The first-order chi connectivity index (χ1) is 15.9. The van der Waals surface area contributed by atoms with Gasteiger partial charge in [0, 0.05) is 38.7 Å². The predicted octanol–water partition coefficient (Wildman–Crippen LogP) is 2.60. The molecule has 1 rings (SSSR count). The van der Waals surface area contributed by atoms with E-state index in [0.717, 1.165) is 18.4 Å². The van der Waals surface area contributed by atoms with Gasteiger partial charge >= 0.3 is 0 Å². The quantitative estimate of drug-likeness (QED) is 0.268. The molecule has 0 aliphatic heterocycles. The van der Waals surface area contributed by atoms with Gasteiger partial charge in [0.25, 0.3) is 0 Å². The third kappa shape index (κ3) is 14.3. The van der Waals surface area contributed by atoms with Crippen LogP contribution in [-0.4, -0.2) is 60.1 Å². The Morgan fingerprint density at radius 1 is 1.21 bits per heavy atom. The van der Waals surface area contributed by atoms with E-state index in [1.807, 2.05) is 13.8 Å².